The molecule has 3 N–H and O–H groups in total. The van der Waals surface area contributed by atoms with Gasteiger partial charge in [-0.05, 0) is 58.7 Å². The Hall–Kier alpha value is -1.69. The van der Waals surface area contributed by atoms with Gasteiger partial charge in [-0.25, -0.2) is 0 Å². The average Bonchev–Trinajstić information content (AvgIpc) is 3.26. The number of nitrogens with two attached hydrogens (primary N) is 1. The molecule has 0 spiro atoms. The Morgan fingerprint density at radius 2 is 1.48 bits per heavy atom. The maximum absolute atomic E-state index is 7.37. The maximum atomic E-state index is 7.37. The third kappa shape index (κ3) is 3.76. The van der Waals surface area contributed by atoms with Gasteiger partial charge < -0.3 is 15.5 Å². The summed E-state index contributed by atoms with van der Waals surface area (Å²) in [6, 6.07) is 22.3. The molecule has 0 unspecified atom stereocenters. The average molecular weight is 425 g/mol. The van der Waals surface area contributed by atoms with Crippen LogP contribution in [0, 0.1) is 11.8 Å². The molecule has 2 saturated carbocycles. The Labute approximate surface area is 181 Å². The summed E-state index contributed by atoms with van der Waals surface area (Å²) in [5, 5.41) is 6.48. The Morgan fingerprint density at radius 1 is 0.931 bits per heavy atom. The first-order valence-corrected chi connectivity index (χ1v) is 13.0. The first-order chi connectivity index (χ1) is 13.8. The van der Waals surface area contributed by atoms with Gasteiger partial charge in [-0.2, -0.15) is 0 Å². The highest BCUT2D eigenvalue weighted by Gasteiger charge is 2.55. The van der Waals surface area contributed by atoms with E-state index in [2.05, 4.69) is 86.8 Å². The van der Waals surface area contributed by atoms with Crippen molar-refractivity contribution in [3.05, 3.63) is 60.7 Å². The molecule has 2 fully saturated rings. The Morgan fingerprint density at radius 3 is 1.90 bits per heavy atom. The van der Waals surface area contributed by atoms with Crippen molar-refractivity contribution in [2.24, 2.45) is 17.6 Å². The molecule has 4 rings (SSSR count). The van der Waals surface area contributed by atoms with Crippen LogP contribution in [0.1, 0.15) is 40.0 Å². The van der Waals surface area contributed by atoms with Gasteiger partial charge in [-0.1, -0.05) is 81.4 Å². The van der Waals surface area contributed by atoms with Crippen LogP contribution < -0.4 is 21.4 Å². The summed E-state index contributed by atoms with van der Waals surface area (Å²) in [6.45, 7) is 7.05. The van der Waals surface area contributed by atoms with Gasteiger partial charge >= 0.3 is 0 Å². The van der Waals surface area contributed by atoms with E-state index in [0.717, 1.165) is 12.8 Å². The molecule has 2 aromatic carbocycles. The highest BCUT2D eigenvalue weighted by Crippen LogP contribution is 2.49. The second kappa shape index (κ2) is 7.86. The van der Waals surface area contributed by atoms with E-state index in [-0.39, 0.29) is 5.04 Å². The van der Waals surface area contributed by atoms with Gasteiger partial charge in [-0.3, -0.25) is 0 Å². The highest BCUT2D eigenvalue weighted by atomic mass is 32.1. The summed E-state index contributed by atoms with van der Waals surface area (Å²) in [5.74, 6) is 1.18. The minimum atomic E-state index is -2.48. The SMILES string of the molecule is CC(C)(C)[Si](O[C@H]1C[C@H]2C[C@H]1C[C@@H]2NC(N)=S)(c1ccccc1)c1ccccc1. The summed E-state index contributed by atoms with van der Waals surface area (Å²) in [4.78, 5) is 0. The lowest BCUT2D eigenvalue weighted by molar-refractivity contribution is 0.118. The predicted molar refractivity (Wildman–Crippen MR) is 127 cm³/mol. The van der Waals surface area contributed by atoms with Crippen LogP contribution in [0.2, 0.25) is 5.04 Å². The fraction of sp³-hybridized carbons (Fsp3) is 0.458. The molecule has 0 aromatic heterocycles. The summed E-state index contributed by atoms with van der Waals surface area (Å²) < 4.78 is 7.37. The molecule has 2 bridgehead atoms. The van der Waals surface area contributed by atoms with Crippen molar-refractivity contribution in [3.63, 3.8) is 0 Å². The quantitative estimate of drug-likeness (QED) is 0.569. The van der Waals surface area contributed by atoms with Crippen LogP contribution in [0.15, 0.2) is 60.7 Å². The lowest BCUT2D eigenvalue weighted by Crippen LogP contribution is -2.68. The van der Waals surface area contributed by atoms with Gasteiger partial charge in [0.05, 0.1) is 0 Å². The van der Waals surface area contributed by atoms with Crippen molar-refractivity contribution >= 4 is 36.0 Å². The van der Waals surface area contributed by atoms with Gasteiger partial charge in [0, 0.05) is 12.1 Å². The fourth-order valence-electron chi connectivity index (χ4n) is 5.65. The van der Waals surface area contributed by atoms with E-state index in [1.54, 1.807) is 0 Å². The van der Waals surface area contributed by atoms with E-state index in [4.69, 9.17) is 22.4 Å². The number of nitrogens with one attached hydrogen (secondary N) is 1. The third-order valence-electron chi connectivity index (χ3n) is 6.86. The van der Waals surface area contributed by atoms with Crippen LogP contribution >= 0.6 is 12.2 Å². The molecule has 4 atom stereocenters. The Kier molecular flexibility index (Phi) is 5.57. The van der Waals surface area contributed by atoms with Crippen molar-refractivity contribution in [2.75, 3.05) is 0 Å². The van der Waals surface area contributed by atoms with Crippen LogP contribution in [-0.4, -0.2) is 25.6 Å². The topological polar surface area (TPSA) is 47.3 Å². The molecule has 2 aromatic rings. The highest BCUT2D eigenvalue weighted by molar-refractivity contribution is 7.80. The molecule has 3 nitrogen and oxygen atoms in total. The van der Waals surface area contributed by atoms with Crippen LogP contribution in [-0.2, 0) is 4.43 Å². The van der Waals surface area contributed by atoms with E-state index in [0.29, 0.717) is 29.1 Å². The fourth-order valence-corrected chi connectivity index (χ4v) is 10.6. The lowest BCUT2D eigenvalue weighted by atomic mass is 9.93. The van der Waals surface area contributed by atoms with E-state index >= 15 is 0 Å². The zero-order chi connectivity index (χ0) is 20.6. The summed E-state index contributed by atoms with van der Waals surface area (Å²) in [6.07, 6.45) is 3.71. The van der Waals surface area contributed by atoms with Crippen molar-refractivity contribution in [1.82, 2.24) is 5.32 Å². The van der Waals surface area contributed by atoms with Crippen molar-refractivity contribution < 1.29 is 4.43 Å². The number of fused-ring (bicyclic) bond motifs is 2. The van der Waals surface area contributed by atoms with Crippen LogP contribution in [0.25, 0.3) is 0 Å². The van der Waals surface area contributed by atoms with E-state index in [1.165, 1.54) is 16.8 Å². The second-order valence-corrected chi connectivity index (χ2v) is 14.4. The van der Waals surface area contributed by atoms with Crippen molar-refractivity contribution in [2.45, 2.75) is 57.2 Å². The number of thiocarbonyl (C=S) groups is 1. The van der Waals surface area contributed by atoms with Crippen LogP contribution in [0.5, 0.6) is 0 Å². The van der Waals surface area contributed by atoms with Gasteiger partial charge in [0.1, 0.15) is 0 Å². The Bertz CT molecular complexity index is 813. The smallest absolute Gasteiger partial charge is 0.261 e. The predicted octanol–water partition coefficient (Wildman–Crippen LogP) is 3.56. The molecule has 2 aliphatic carbocycles. The molecule has 0 heterocycles. The number of benzene rings is 2. The Balaban J connectivity index is 1.71. The largest absolute Gasteiger partial charge is 0.404 e. The molecule has 29 heavy (non-hydrogen) atoms. The molecular weight excluding hydrogens is 392 g/mol. The molecule has 5 heteroatoms. The zero-order valence-electron chi connectivity index (χ0n) is 17.6. The van der Waals surface area contributed by atoms with Crippen LogP contribution in [0.4, 0.5) is 0 Å². The molecule has 2 aliphatic rings. The molecule has 0 saturated heterocycles. The molecule has 0 radical (unpaired) electrons. The van der Waals surface area contributed by atoms with E-state index < -0.39 is 8.32 Å². The summed E-state index contributed by atoms with van der Waals surface area (Å²) in [5.41, 5.74) is 5.75. The number of rotatable bonds is 5. The zero-order valence-corrected chi connectivity index (χ0v) is 19.4. The summed E-state index contributed by atoms with van der Waals surface area (Å²) in [7, 11) is -2.48. The third-order valence-corrected chi connectivity index (χ3v) is 12.0. The monoisotopic (exact) mass is 424 g/mol. The first-order valence-electron chi connectivity index (χ1n) is 10.7. The number of hydrogen-bond donors (Lipinski definition) is 2. The van der Waals surface area contributed by atoms with Crippen molar-refractivity contribution in [1.29, 1.82) is 0 Å². The number of hydrogen-bond acceptors (Lipinski definition) is 2. The first kappa shape index (κ1) is 20.6. The van der Waals surface area contributed by atoms with Crippen molar-refractivity contribution in [3.8, 4) is 0 Å². The maximum Gasteiger partial charge on any atom is 0.261 e. The van der Waals surface area contributed by atoms with E-state index in [1.807, 2.05) is 0 Å². The van der Waals surface area contributed by atoms with Gasteiger partial charge in [0.25, 0.3) is 8.32 Å². The minimum absolute atomic E-state index is 0.0218. The standard InChI is InChI=1S/C24H32N2OSSi/c1-24(2,3)29(19-10-6-4-7-11-19,20-12-8-5-9-13-20)27-22-16-17-14-18(22)15-21(17)26-23(25)28/h4-13,17-18,21-22H,14-16H2,1-3H3,(H3,25,26,28)/t17-,18+,21+,22+/m1/s1. The van der Waals surface area contributed by atoms with Gasteiger partial charge in [0.15, 0.2) is 5.11 Å². The lowest BCUT2D eigenvalue weighted by Gasteiger charge is -2.46. The molecule has 154 valence electrons. The van der Waals surface area contributed by atoms with Crippen LogP contribution in [0.3, 0.4) is 0 Å². The molecular formula is C24H32N2OSSi. The second-order valence-electron chi connectivity index (χ2n) is 9.66. The van der Waals surface area contributed by atoms with Gasteiger partial charge in [0.2, 0.25) is 0 Å². The van der Waals surface area contributed by atoms with Gasteiger partial charge in [-0.15, -0.1) is 0 Å². The summed E-state index contributed by atoms with van der Waals surface area (Å²) >= 11 is 5.08. The van der Waals surface area contributed by atoms with E-state index in [9.17, 15) is 0 Å². The molecule has 0 amide bonds. The minimum Gasteiger partial charge on any atom is -0.404 e. The molecule has 0 aliphatic heterocycles. The normalized spacial score (nSPS) is 26.4.